The molecule has 1 aliphatic heterocycles. The van der Waals surface area contributed by atoms with Crippen LogP contribution in [0.15, 0.2) is 41.3 Å². The van der Waals surface area contributed by atoms with Crippen LogP contribution in [0.4, 0.5) is 0 Å². The number of methoxy groups -OCH3 is 1. The van der Waals surface area contributed by atoms with Crippen LogP contribution in [-0.4, -0.2) is 70.2 Å². The van der Waals surface area contributed by atoms with E-state index in [0.29, 0.717) is 12.8 Å². The third-order valence-electron chi connectivity index (χ3n) is 10.4. The fraction of sp³-hybridized carbons (Fsp3) is 0.529. The summed E-state index contributed by atoms with van der Waals surface area (Å²) < 4.78 is 33.5. The van der Waals surface area contributed by atoms with Gasteiger partial charge in [-0.1, -0.05) is 43.2 Å². The molecule has 1 saturated heterocycles. The Kier molecular flexibility index (Phi) is 7.79. The molecule has 0 amide bonds. The van der Waals surface area contributed by atoms with Crippen molar-refractivity contribution >= 4 is 37.5 Å². The van der Waals surface area contributed by atoms with Crippen LogP contribution in [0.3, 0.4) is 0 Å². The lowest BCUT2D eigenvalue weighted by Crippen LogP contribution is -2.38. The van der Waals surface area contributed by atoms with Crippen molar-refractivity contribution in [1.82, 2.24) is 24.0 Å². The number of hydrogen-bond donors (Lipinski definition) is 1. The molecule has 44 heavy (non-hydrogen) atoms. The van der Waals surface area contributed by atoms with Gasteiger partial charge < -0.3 is 9.72 Å². The Hall–Kier alpha value is -3.21. The van der Waals surface area contributed by atoms with Crippen LogP contribution in [0.2, 0.25) is 0 Å². The van der Waals surface area contributed by atoms with Gasteiger partial charge in [0, 0.05) is 38.6 Å². The zero-order valence-corrected chi connectivity index (χ0v) is 26.8. The van der Waals surface area contributed by atoms with Crippen molar-refractivity contribution in [2.24, 2.45) is 7.05 Å². The van der Waals surface area contributed by atoms with Crippen molar-refractivity contribution in [2.45, 2.75) is 81.7 Å². The highest BCUT2D eigenvalue weighted by atomic mass is 32.2. The van der Waals surface area contributed by atoms with Crippen molar-refractivity contribution in [3.05, 3.63) is 58.1 Å². The lowest BCUT2D eigenvalue weighted by Gasteiger charge is -2.31. The van der Waals surface area contributed by atoms with Crippen LogP contribution >= 0.6 is 0 Å². The molecule has 0 spiro atoms. The number of likely N-dealkylation sites (tertiary alicyclic amines) is 1. The van der Waals surface area contributed by atoms with Gasteiger partial charge in [0.05, 0.1) is 39.7 Å². The summed E-state index contributed by atoms with van der Waals surface area (Å²) in [6.07, 6.45) is 14.2. The molecule has 1 atom stereocenters. The van der Waals surface area contributed by atoms with E-state index in [1.807, 2.05) is 13.2 Å². The van der Waals surface area contributed by atoms with Gasteiger partial charge in [-0.3, -0.25) is 14.0 Å². The molecule has 1 unspecified atom stereocenters. The van der Waals surface area contributed by atoms with Gasteiger partial charge in [-0.15, -0.1) is 0 Å². The largest absolute Gasteiger partial charge is 0.381 e. The van der Waals surface area contributed by atoms with E-state index in [9.17, 15) is 13.2 Å². The summed E-state index contributed by atoms with van der Waals surface area (Å²) in [4.78, 5) is 24.6. The van der Waals surface area contributed by atoms with E-state index in [-0.39, 0.29) is 23.1 Å². The first-order chi connectivity index (χ1) is 21.2. The summed E-state index contributed by atoms with van der Waals surface area (Å²) in [6.45, 7) is 2.40. The summed E-state index contributed by atoms with van der Waals surface area (Å²) >= 11 is 0. The van der Waals surface area contributed by atoms with E-state index < -0.39 is 9.84 Å². The number of rotatable bonds is 7. The maximum Gasteiger partial charge on any atom is 0.329 e. The smallest absolute Gasteiger partial charge is 0.329 e. The number of aromatic nitrogens is 4. The van der Waals surface area contributed by atoms with Crippen LogP contribution in [0.5, 0.6) is 0 Å². The standard InChI is InChI=1S/C34H43N5O4S/c1-37-28-20-35-33-30(32(28)39(34(37)40)25-6-4-5-7-25)29(23-12-14-26(43-2)15-13-23)31(36-33)24-10-8-22(9-11-24)21-38-18-16-27(17-19-38)44(3,41)42/h8-12,20,25-27H,4-7,13-19,21H2,1-3H3,(H,35,36). The van der Waals surface area contributed by atoms with Gasteiger partial charge in [0.25, 0.3) is 0 Å². The second kappa shape index (κ2) is 11.6. The SMILES string of the molecule is COC1CC=C(c2c(-c3ccc(CN4CCC(S(C)(=O)=O)CC4)cc3)[nH]c3ncc4c(c23)n(C2CCCC2)c(=O)n4C)CC1. The summed E-state index contributed by atoms with van der Waals surface area (Å²) in [6, 6.07) is 8.94. The summed E-state index contributed by atoms with van der Waals surface area (Å²) in [7, 11) is 0.671. The Morgan fingerprint density at radius 2 is 1.77 bits per heavy atom. The minimum atomic E-state index is -2.98. The van der Waals surface area contributed by atoms with Crippen molar-refractivity contribution in [1.29, 1.82) is 0 Å². The lowest BCUT2D eigenvalue weighted by molar-refractivity contribution is 0.0964. The molecular formula is C34H43N5O4S. The van der Waals surface area contributed by atoms with E-state index in [2.05, 4.69) is 44.8 Å². The van der Waals surface area contributed by atoms with Crippen LogP contribution in [0.25, 0.3) is 38.9 Å². The Labute approximate surface area is 258 Å². The molecule has 3 aromatic heterocycles. The number of hydrogen-bond acceptors (Lipinski definition) is 6. The highest BCUT2D eigenvalue weighted by Crippen LogP contribution is 2.43. The number of sulfone groups is 1. The topological polar surface area (TPSA) is 102 Å². The molecule has 1 saturated carbocycles. The molecule has 2 aliphatic carbocycles. The number of nitrogens with one attached hydrogen (secondary N) is 1. The Bertz CT molecular complexity index is 1890. The van der Waals surface area contributed by atoms with Gasteiger partial charge >= 0.3 is 5.69 Å². The zero-order valence-electron chi connectivity index (χ0n) is 26.0. The third kappa shape index (κ3) is 5.24. The number of nitrogens with zero attached hydrogens (tertiary/aromatic N) is 4. The number of aromatic amines is 1. The fourth-order valence-electron chi connectivity index (χ4n) is 7.80. The van der Waals surface area contributed by atoms with Crippen molar-refractivity contribution in [3.63, 3.8) is 0 Å². The van der Waals surface area contributed by atoms with Gasteiger partial charge in [-0.25, -0.2) is 18.2 Å². The molecule has 4 aromatic rings. The molecule has 1 aromatic carbocycles. The Morgan fingerprint density at radius 1 is 1.05 bits per heavy atom. The molecule has 9 nitrogen and oxygen atoms in total. The van der Waals surface area contributed by atoms with Crippen LogP contribution in [0.1, 0.15) is 75.0 Å². The number of H-pyrrole nitrogens is 1. The highest BCUT2D eigenvalue weighted by molar-refractivity contribution is 7.91. The minimum Gasteiger partial charge on any atom is -0.381 e. The maximum absolute atomic E-state index is 13.7. The molecule has 0 bridgehead atoms. The number of aryl methyl sites for hydroxylation is 1. The third-order valence-corrected chi connectivity index (χ3v) is 12.0. The quantitative estimate of drug-likeness (QED) is 0.290. The predicted molar refractivity (Wildman–Crippen MR) is 176 cm³/mol. The number of fused-ring (bicyclic) bond motifs is 3. The van der Waals surface area contributed by atoms with Gasteiger partial charge in [0.15, 0.2) is 0 Å². The highest BCUT2D eigenvalue weighted by Gasteiger charge is 2.30. The average Bonchev–Trinajstić information content (AvgIpc) is 3.75. The number of allylic oxidation sites excluding steroid dienone is 1. The van der Waals surface area contributed by atoms with Crippen LogP contribution in [-0.2, 0) is 28.2 Å². The molecule has 4 heterocycles. The lowest BCUT2D eigenvalue weighted by atomic mass is 9.89. The number of ether oxygens (including phenoxy) is 1. The molecule has 1 N–H and O–H groups in total. The second-order valence-corrected chi connectivity index (χ2v) is 15.4. The molecule has 2 fully saturated rings. The maximum atomic E-state index is 13.7. The zero-order chi connectivity index (χ0) is 30.6. The van der Waals surface area contributed by atoms with Gasteiger partial charge in [-0.2, -0.15) is 0 Å². The molecule has 3 aliphatic rings. The predicted octanol–water partition coefficient (Wildman–Crippen LogP) is 5.59. The van der Waals surface area contributed by atoms with Gasteiger partial charge in [0.2, 0.25) is 0 Å². The molecular weight excluding hydrogens is 574 g/mol. The number of benzene rings is 1. The van der Waals surface area contributed by atoms with Crippen LogP contribution < -0.4 is 5.69 Å². The monoisotopic (exact) mass is 617 g/mol. The van der Waals surface area contributed by atoms with Crippen molar-refractivity contribution < 1.29 is 13.2 Å². The van der Waals surface area contributed by atoms with Gasteiger partial charge in [-0.05, 0) is 74.7 Å². The van der Waals surface area contributed by atoms with Crippen LogP contribution in [0, 0.1) is 0 Å². The van der Waals surface area contributed by atoms with E-state index in [4.69, 9.17) is 9.72 Å². The van der Waals surface area contributed by atoms with Crippen molar-refractivity contribution in [2.75, 3.05) is 26.5 Å². The van der Waals surface area contributed by atoms with E-state index in [0.717, 1.165) is 103 Å². The average molecular weight is 618 g/mol. The molecule has 7 rings (SSSR count). The first-order valence-corrected chi connectivity index (χ1v) is 18.0. The van der Waals surface area contributed by atoms with E-state index >= 15 is 0 Å². The first-order valence-electron chi connectivity index (χ1n) is 16.1. The van der Waals surface area contributed by atoms with E-state index in [1.165, 1.54) is 17.4 Å². The second-order valence-electron chi connectivity index (χ2n) is 13.1. The number of piperidine rings is 1. The number of pyridine rings is 1. The summed E-state index contributed by atoms with van der Waals surface area (Å²) in [5.41, 5.74) is 8.50. The van der Waals surface area contributed by atoms with Crippen molar-refractivity contribution in [3.8, 4) is 11.3 Å². The van der Waals surface area contributed by atoms with E-state index in [1.54, 1.807) is 11.7 Å². The molecule has 234 valence electrons. The molecule has 10 heteroatoms. The number of imidazole rings is 1. The summed E-state index contributed by atoms with van der Waals surface area (Å²) in [5.74, 6) is 0. The fourth-order valence-corrected chi connectivity index (χ4v) is 8.87. The first kappa shape index (κ1) is 29.5. The normalized spacial score (nSPS) is 21.1. The Morgan fingerprint density at radius 3 is 2.41 bits per heavy atom. The Balaban J connectivity index is 1.30. The molecule has 0 radical (unpaired) electrons. The van der Waals surface area contributed by atoms with Gasteiger partial charge in [0.1, 0.15) is 15.5 Å². The minimum absolute atomic E-state index is 0.0388. The summed E-state index contributed by atoms with van der Waals surface area (Å²) in [5, 5.41) is 0.826.